The Labute approximate surface area is 154 Å². The Kier molecular flexibility index (Phi) is 4.41. The number of amides is 2. The average molecular weight is 364 g/mol. The molecule has 0 fully saturated rings. The van der Waals surface area contributed by atoms with Crippen LogP contribution in [-0.4, -0.2) is 18.4 Å². The van der Waals surface area contributed by atoms with E-state index in [-0.39, 0.29) is 17.5 Å². The Morgan fingerprint density at radius 2 is 2.00 bits per heavy atom. The van der Waals surface area contributed by atoms with Gasteiger partial charge in [0.05, 0.1) is 11.1 Å². The Morgan fingerprint density at radius 3 is 2.77 bits per heavy atom. The van der Waals surface area contributed by atoms with Crippen LogP contribution in [0, 0.1) is 0 Å². The van der Waals surface area contributed by atoms with Crippen molar-refractivity contribution in [2.24, 2.45) is 0 Å². The molecule has 2 amide bonds. The van der Waals surface area contributed by atoms with Crippen molar-refractivity contribution in [3.63, 3.8) is 0 Å². The molecule has 6 heteroatoms. The molecule has 0 bridgehead atoms. The maximum Gasteiger partial charge on any atom is 0.274 e. The topological polar surface area (TPSA) is 62.6 Å². The Bertz CT molecular complexity index is 959. The van der Waals surface area contributed by atoms with Gasteiger partial charge in [0.1, 0.15) is 11.5 Å². The van der Waals surface area contributed by atoms with E-state index in [2.05, 4.69) is 5.32 Å². The summed E-state index contributed by atoms with van der Waals surface area (Å²) in [5, 5.41) is 4.57. The van der Waals surface area contributed by atoms with E-state index in [1.807, 2.05) is 29.6 Å². The molecule has 0 aliphatic carbocycles. The molecule has 5 nitrogen and oxygen atoms in total. The Hall–Kier alpha value is -3.12. The second-order valence-electron chi connectivity index (χ2n) is 5.84. The SMILES string of the molecule is O=C(N/C(=C/c1ccco1)C(=O)N1CCc2ccccc21)c1cccs1. The summed E-state index contributed by atoms with van der Waals surface area (Å²) in [5.74, 6) is -0.0535. The zero-order chi connectivity index (χ0) is 17.9. The van der Waals surface area contributed by atoms with Crippen molar-refractivity contribution in [1.82, 2.24) is 5.32 Å². The summed E-state index contributed by atoms with van der Waals surface area (Å²) in [7, 11) is 0. The fourth-order valence-electron chi connectivity index (χ4n) is 2.95. The second kappa shape index (κ2) is 7.01. The van der Waals surface area contributed by atoms with E-state index < -0.39 is 0 Å². The van der Waals surface area contributed by atoms with Crippen molar-refractivity contribution in [2.75, 3.05) is 11.4 Å². The number of hydrogen-bond donors (Lipinski definition) is 1. The third kappa shape index (κ3) is 3.19. The van der Waals surface area contributed by atoms with Crippen LogP contribution in [0.25, 0.3) is 6.08 Å². The Balaban J connectivity index is 1.65. The van der Waals surface area contributed by atoms with Crippen LogP contribution in [0.3, 0.4) is 0 Å². The average Bonchev–Trinajstić information content (AvgIpc) is 3.40. The second-order valence-corrected chi connectivity index (χ2v) is 6.79. The number of nitrogens with one attached hydrogen (secondary N) is 1. The quantitative estimate of drug-likeness (QED) is 0.718. The highest BCUT2D eigenvalue weighted by Crippen LogP contribution is 2.28. The normalized spacial score (nSPS) is 13.5. The van der Waals surface area contributed by atoms with Gasteiger partial charge in [-0.3, -0.25) is 9.59 Å². The van der Waals surface area contributed by atoms with Crippen LogP contribution in [0.4, 0.5) is 5.69 Å². The summed E-state index contributed by atoms with van der Waals surface area (Å²) in [6.45, 7) is 0.586. The van der Waals surface area contributed by atoms with Crippen LogP contribution >= 0.6 is 11.3 Å². The maximum absolute atomic E-state index is 13.1. The molecule has 3 aromatic rings. The zero-order valence-electron chi connectivity index (χ0n) is 13.8. The number of carbonyl (C=O) groups is 2. The summed E-state index contributed by atoms with van der Waals surface area (Å²) in [6, 6.07) is 14.8. The number of carbonyl (C=O) groups excluding carboxylic acids is 2. The smallest absolute Gasteiger partial charge is 0.274 e. The van der Waals surface area contributed by atoms with Crippen LogP contribution in [0.15, 0.2) is 70.3 Å². The summed E-state index contributed by atoms with van der Waals surface area (Å²) < 4.78 is 5.32. The van der Waals surface area contributed by atoms with Gasteiger partial charge in [0, 0.05) is 18.3 Å². The van der Waals surface area contributed by atoms with Gasteiger partial charge in [0.25, 0.3) is 11.8 Å². The van der Waals surface area contributed by atoms with Crippen molar-refractivity contribution in [2.45, 2.75) is 6.42 Å². The van der Waals surface area contributed by atoms with Crippen molar-refractivity contribution >= 4 is 34.9 Å². The lowest BCUT2D eigenvalue weighted by Gasteiger charge is -2.19. The molecule has 130 valence electrons. The molecule has 0 unspecified atom stereocenters. The van der Waals surface area contributed by atoms with Gasteiger partial charge in [0.15, 0.2) is 0 Å². The number of rotatable bonds is 4. The van der Waals surface area contributed by atoms with Gasteiger partial charge in [-0.2, -0.15) is 0 Å². The lowest BCUT2D eigenvalue weighted by atomic mass is 10.2. The predicted molar refractivity (Wildman–Crippen MR) is 101 cm³/mol. The lowest BCUT2D eigenvalue weighted by molar-refractivity contribution is -0.115. The van der Waals surface area contributed by atoms with E-state index in [9.17, 15) is 9.59 Å². The van der Waals surface area contributed by atoms with Crippen LogP contribution in [0.1, 0.15) is 21.0 Å². The third-order valence-electron chi connectivity index (χ3n) is 4.19. The molecule has 1 aromatic carbocycles. The van der Waals surface area contributed by atoms with Crippen LogP contribution in [0.2, 0.25) is 0 Å². The first-order chi connectivity index (χ1) is 12.7. The molecule has 2 aromatic heterocycles. The predicted octanol–water partition coefficient (Wildman–Crippen LogP) is 3.70. The summed E-state index contributed by atoms with van der Waals surface area (Å²) >= 11 is 1.33. The van der Waals surface area contributed by atoms with E-state index in [4.69, 9.17) is 4.42 Å². The number of fused-ring (bicyclic) bond motifs is 1. The van der Waals surface area contributed by atoms with Gasteiger partial charge in [-0.1, -0.05) is 24.3 Å². The molecule has 0 saturated carbocycles. The van der Waals surface area contributed by atoms with Gasteiger partial charge in [-0.15, -0.1) is 11.3 Å². The van der Waals surface area contributed by atoms with Crippen molar-refractivity contribution < 1.29 is 14.0 Å². The molecule has 1 aliphatic heterocycles. The number of para-hydroxylation sites is 1. The largest absolute Gasteiger partial charge is 0.465 e. The molecule has 0 saturated heterocycles. The highest BCUT2D eigenvalue weighted by molar-refractivity contribution is 7.12. The number of anilines is 1. The highest BCUT2D eigenvalue weighted by Gasteiger charge is 2.28. The lowest BCUT2D eigenvalue weighted by Crippen LogP contribution is -2.37. The summed E-state index contributed by atoms with van der Waals surface area (Å²) in [5.41, 5.74) is 2.20. The number of hydrogen-bond acceptors (Lipinski definition) is 4. The number of nitrogens with zero attached hydrogens (tertiary/aromatic N) is 1. The molecule has 26 heavy (non-hydrogen) atoms. The monoisotopic (exact) mass is 364 g/mol. The number of furan rings is 1. The van der Waals surface area contributed by atoms with Crippen LogP contribution < -0.4 is 10.2 Å². The van der Waals surface area contributed by atoms with E-state index in [1.54, 1.807) is 35.2 Å². The summed E-state index contributed by atoms with van der Waals surface area (Å²) in [6.07, 6.45) is 3.89. The van der Waals surface area contributed by atoms with Crippen molar-refractivity contribution in [3.8, 4) is 0 Å². The fourth-order valence-corrected chi connectivity index (χ4v) is 3.57. The van der Waals surface area contributed by atoms with E-state index in [0.717, 1.165) is 17.7 Å². The molecular weight excluding hydrogens is 348 g/mol. The Morgan fingerprint density at radius 1 is 1.12 bits per heavy atom. The molecule has 0 atom stereocenters. The fraction of sp³-hybridized carbons (Fsp3) is 0.100. The minimum atomic E-state index is -0.307. The first-order valence-electron chi connectivity index (χ1n) is 8.22. The van der Waals surface area contributed by atoms with E-state index in [0.29, 0.717) is 17.2 Å². The standard InChI is InChI=1S/C20H16N2O3S/c23-19(18-8-4-12-26-18)21-16(13-15-6-3-11-25-15)20(24)22-10-9-14-5-1-2-7-17(14)22/h1-8,11-13H,9-10H2,(H,21,23)/b16-13+. The van der Waals surface area contributed by atoms with Crippen molar-refractivity contribution in [3.05, 3.63) is 82.1 Å². The van der Waals surface area contributed by atoms with Gasteiger partial charge in [-0.05, 0) is 41.6 Å². The molecule has 3 heterocycles. The van der Waals surface area contributed by atoms with Crippen LogP contribution in [0.5, 0.6) is 0 Å². The third-order valence-corrected chi connectivity index (χ3v) is 5.05. The minimum absolute atomic E-state index is 0.190. The van der Waals surface area contributed by atoms with Crippen molar-refractivity contribution in [1.29, 1.82) is 0 Å². The maximum atomic E-state index is 13.1. The van der Waals surface area contributed by atoms with Crippen LogP contribution in [-0.2, 0) is 11.2 Å². The molecule has 4 rings (SSSR count). The molecule has 0 spiro atoms. The summed E-state index contributed by atoms with van der Waals surface area (Å²) in [4.78, 5) is 27.9. The van der Waals surface area contributed by atoms with Gasteiger partial charge < -0.3 is 14.6 Å². The molecule has 0 radical (unpaired) electrons. The van der Waals surface area contributed by atoms with Gasteiger partial charge >= 0.3 is 0 Å². The number of benzene rings is 1. The van der Waals surface area contributed by atoms with Gasteiger partial charge in [-0.25, -0.2) is 0 Å². The first kappa shape index (κ1) is 16.4. The molecule has 1 aliphatic rings. The number of thiophene rings is 1. The van der Waals surface area contributed by atoms with E-state index >= 15 is 0 Å². The highest BCUT2D eigenvalue weighted by atomic mass is 32.1. The van der Waals surface area contributed by atoms with E-state index in [1.165, 1.54) is 17.6 Å². The molecular formula is C20H16N2O3S. The first-order valence-corrected chi connectivity index (χ1v) is 9.10. The molecule has 1 N–H and O–H groups in total. The zero-order valence-corrected chi connectivity index (χ0v) is 14.7. The van der Waals surface area contributed by atoms with Gasteiger partial charge in [0.2, 0.25) is 0 Å². The minimum Gasteiger partial charge on any atom is -0.465 e.